The summed E-state index contributed by atoms with van der Waals surface area (Å²) in [5, 5.41) is 0. The van der Waals surface area contributed by atoms with E-state index in [0.29, 0.717) is 16.1 Å². The number of nitrogen functional groups attached to an aromatic ring is 1. The average molecular weight is 399 g/mol. The molecule has 3 nitrogen and oxygen atoms in total. The maximum atomic E-state index is 13.8. The van der Waals surface area contributed by atoms with Gasteiger partial charge in [0.05, 0.1) is 21.2 Å². The molecule has 0 amide bonds. The molecule has 3 rings (SSSR count). The smallest absolute Gasteiger partial charge is 0.205 e. The van der Waals surface area contributed by atoms with Crippen LogP contribution in [0.25, 0.3) is 16.7 Å². The lowest BCUT2D eigenvalue weighted by Gasteiger charge is -2.11. The van der Waals surface area contributed by atoms with Crippen LogP contribution in [0.4, 0.5) is 10.3 Å². The van der Waals surface area contributed by atoms with E-state index in [2.05, 4.69) is 36.8 Å². The Hall–Kier alpha value is -1.40. The summed E-state index contributed by atoms with van der Waals surface area (Å²) >= 11 is 6.61. The van der Waals surface area contributed by atoms with Crippen molar-refractivity contribution in [1.82, 2.24) is 9.55 Å². The van der Waals surface area contributed by atoms with Crippen LogP contribution < -0.4 is 5.73 Å². The van der Waals surface area contributed by atoms with Gasteiger partial charge in [0.15, 0.2) is 0 Å². The number of nitrogens with two attached hydrogens (primary N) is 1. The Morgan fingerprint density at radius 2 is 1.95 bits per heavy atom. The summed E-state index contributed by atoms with van der Waals surface area (Å²) in [5.41, 5.74) is 9.19. The minimum atomic E-state index is -0.332. The Morgan fingerprint density at radius 1 is 1.20 bits per heavy atom. The first-order valence-corrected chi connectivity index (χ1v) is 7.45. The van der Waals surface area contributed by atoms with Gasteiger partial charge in [0.2, 0.25) is 5.95 Å². The third-order valence-electron chi connectivity index (χ3n) is 3.12. The van der Waals surface area contributed by atoms with E-state index in [1.807, 2.05) is 25.1 Å². The largest absolute Gasteiger partial charge is 0.369 e. The van der Waals surface area contributed by atoms with Gasteiger partial charge in [-0.05, 0) is 58.7 Å². The minimum absolute atomic E-state index is 0.332. The molecule has 0 radical (unpaired) electrons. The van der Waals surface area contributed by atoms with Crippen LogP contribution >= 0.6 is 31.9 Å². The molecule has 102 valence electrons. The van der Waals surface area contributed by atoms with Crippen LogP contribution in [0.15, 0.2) is 39.3 Å². The van der Waals surface area contributed by atoms with E-state index < -0.39 is 0 Å². The van der Waals surface area contributed by atoms with Crippen LogP contribution in [0.3, 0.4) is 0 Å². The molecular weight excluding hydrogens is 389 g/mol. The lowest BCUT2D eigenvalue weighted by atomic mass is 10.2. The number of hydrogen-bond donors (Lipinski definition) is 1. The normalized spacial score (nSPS) is 11.2. The van der Waals surface area contributed by atoms with Crippen LogP contribution in [0.5, 0.6) is 0 Å². The van der Waals surface area contributed by atoms with Crippen LogP contribution in [-0.2, 0) is 0 Å². The number of aromatic nitrogens is 2. The van der Waals surface area contributed by atoms with Gasteiger partial charge in [-0.25, -0.2) is 9.37 Å². The van der Waals surface area contributed by atoms with Crippen molar-refractivity contribution in [2.75, 3.05) is 5.73 Å². The highest BCUT2D eigenvalue weighted by atomic mass is 79.9. The second-order valence-electron chi connectivity index (χ2n) is 4.49. The predicted molar refractivity (Wildman–Crippen MR) is 85.6 cm³/mol. The molecule has 1 aromatic heterocycles. The van der Waals surface area contributed by atoms with Crippen molar-refractivity contribution in [1.29, 1.82) is 0 Å². The van der Waals surface area contributed by atoms with Crippen LogP contribution in [0, 0.1) is 12.7 Å². The molecule has 20 heavy (non-hydrogen) atoms. The Balaban J connectivity index is 2.37. The zero-order valence-corrected chi connectivity index (χ0v) is 13.7. The number of rotatable bonds is 1. The van der Waals surface area contributed by atoms with E-state index in [-0.39, 0.29) is 5.82 Å². The first-order chi connectivity index (χ1) is 9.47. The van der Waals surface area contributed by atoms with E-state index in [0.717, 1.165) is 21.1 Å². The van der Waals surface area contributed by atoms with E-state index in [1.165, 1.54) is 6.07 Å². The van der Waals surface area contributed by atoms with Crippen LogP contribution in [0.2, 0.25) is 0 Å². The molecule has 0 fully saturated rings. The van der Waals surface area contributed by atoms with Crippen molar-refractivity contribution >= 4 is 48.8 Å². The summed E-state index contributed by atoms with van der Waals surface area (Å²) in [6.07, 6.45) is 0. The molecule has 0 aliphatic carbocycles. The van der Waals surface area contributed by atoms with E-state index in [9.17, 15) is 4.39 Å². The third kappa shape index (κ3) is 2.13. The Bertz CT molecular complexity index is 827. The van der Waals surface area contributed by atoms with Crippen molar-refractivity contribution in [2.45, 2.75) is 6.92 Å². The molecule has 0 spiro atoms. The van der Waals surface area contributed by atoms with Crippen LogP contribution in [0.1, 0.15) is 5.56 Å². The molecule has 2 N–H and O–H groups in total. The summed E-state index contributed by atoms with van der Waals surface area (Å²) in [6, 6.07) is 8.87. The molecule has 0 aliphatic heterocycles. The Morgan fingerprint density at radius 3 is 2.70 bits per heavy atom. The predicted octanol–water partition coefficient (Wildman–Crippen LogP) is 4.58. The zero-order valence-electron chi connectivity index (χ0n) is 10.5. The average Bonchev–Trinajstić information content (AvgIpc) is 2.69. The van der Waals surface area contributed by atoms with Crippen LogP contribution in [-0.4, -0.2) is 9.55 Å². The molecule has 0 saturated heterocycles. The number of imidazole rings is 1. The van der Waals surface area contributed by atoms with Gasteiger partial charge in [0.25, 0.3) is 0 Å². The molecule has 0 unspecified atom stereocenters. The topological polar surface area (TPSA) is 43.8 Å². The van der Waals surface area contributed by atoms with Gasteiger partial charge in [-0.2, -0.15) is 0 Å². The summed E-state index contributed by atoms with van der Waals surface area (Å²) in [5.74, 6) is 0.00442. The highest BCUT2D eigenvalue weighted by Gasteiger charge is 2.14. The number of fused-ring (bicyclic) bond motifs is 1. The lowest BCUT2D eigenvalue weighted by Crippen LogP contribution is -2.03. The van der Waals surface area contributed by atoms with E-state index >= 15 is 0 Å². The number of halogens is 3. The second-order valence-corrected chi connectivity index (χ2v) is 6.26. The summed E-state index contributed by atoms with van der Waals surface area (Å²) in [6.45, 7) is 1.91. The first kappa shape index (κ1) is 13.6. The van der Waals surface area contributed by atoms with Gasteiger partial charge in [-0.15, -0.1) is 0 Å². The van der Waals surface area contributed by atoms with Crippen molar-refractivity contribution in [3.05, 3.63) is 50.7 Å². The SMILES string of the molecule is Cc1cc(Br)c(F)cc1-n1c(N)nc2ccc(Br)cc21. The Labute approximate surface area is 131 Å². The molecular formula is C14H10Br2FN3. The number of anilines is 1. The van der Waals surface area contributed by atoms with Crippen molar-refractivity contribution in [3.8, 4) is 5.69 Å². The molecule has 3 aromatic rings. The number of aryl methyl sites for hydroxylation is 1. The minimum Gasteiger partial charge on any atom is -0.369 e. The van der Waals surface area contributed by atoms with Gasteiger partial charge in [-0.3, -0.25) is 4.57 Å². The molecule has 0 bridgehead atoms. The number of nitrogens with zero attached hydrogens (tertiary/aromatic N) is 2. The summed E-state index contributed by atoms with van der Waals surface area (Å²) < 4.78 is 16.9. The molecule has 0 aliphatic rings. The fourth-order valence-electron chi connectivity index (χ4n) is 2.20. The highest BCUT2D eigenvalue weighted by Crippen LogP contribution is 2.30. The van der Waals surface area contributed by atoms with E-state index in [1.54, 1.807) is 10.6 Å². The first-order valence-electron chi connectivity index (χ1n) is 5.87. The van der Waals surface area contributed by atoms with Gasteiger partial charge >= 0.3 is 0 Å². The quantitative estimate of drug-likeness (QED) is 0.651. The van der Waals surface area contributed by atoms with Crippen molar-refractivity contribution < 1.29 is 4.39 Å². The fraction of sp³-hybridized carbons (Fsp3) is 0.0714. The monoisotopic (exact) mass is 397 g/mol. The van der Waals surface area contributed by atoms with Gasteiger partial charge in [0, 0.05) is 4.47 Å². The lowest BCUT2D eigenvalue weighted by molar-refractivity contribution is 0.619. The maximum Gasteiger partial charge on any atom is 0.205 e. The number of hydrogen-bond acceptors (Lipinski definition) is 2. The van der Waals surface area contributed by atoms with Crippen molar-refractivity contribution in [2.24, 2.45) is 0 Å². The summed E-state index contributed by atoms with van der Waals surface area (Å²) in [4.78, 5) is 4.31. The zero-order chi connectivity index (χ0) is 14.4. The van der Waals surface area contributed by atoms with Gasteiger partial charge < -0.3 is 5.73 Å². The molecule has 2 aromatic carbocycles. The fourth-order valence-corrected chi connectivity index (χ4v) is 3.00. The number of benzene rings is 2. The summed E-state index contributed by atoms with van der Waals surface area (Å²) in [7, 11) is 0. The van der Waals surface area contributed by atoms with Gasteiger partial charge in [0.1, 0.15) is 5.82 Å². The molecule has 0 saturated carbocycles. The van der Waals surface area contributed by atoms with Gasteiger partial charge in [-0.1, -0.05) is 15.9 Å². The Kier molecular flexibility index (Phi) is 3.30. The maximum absolute atomic E-state index is 13.8. The standard InChI is InChI=1S/C14H10Br2FN3/c1-7-4-9(16)10(17)6-12(7)20-13-5-8(15)2-3-11(13)19-14(20)18/h2-6H,1H3,(H2,18,19). The van der Waals surface area contributed by atoms with E-state index in [4.69, 9.17) is 5.73 Å². The second kappa shape index (κ2) is 4.86. The molecule has 0 atom stereocenters. The highest BCUT2D eigenvalue weighted by molar-refractivity contribution is 9.10. The third-order valence-corrected chi connectivity index (χ3v) is 4.22. The van der Waals surface area contributed by atoms with Crippen molar-refractivity contribution in [3.63, 3.8) is 0 Å². The molecule has 1 heterocycles. The molecule has 6 heteroatoms.